The van der Waals surface area contributed by atoms with Crippen LogP contribution < -0.4 is 5.32 Å². The molecule has 0 aliphatic heterocycles. The van der Waals surface area contributed by atoms with Gasteiger partial charge in [-0.15, -0.1) is 0 Å². The van der Waals surface area contributed by atoms with Crippen LogP contribution in [0.15, 0.2) is 30.5 Å². The van der Waals surface area contributed by atoms with Crippen molar-refractivity contribution in [2.24, 2.45) is 11.8 Å². The quantitative estimate of drug-likeness (QED) is 0.878. The van der Waals surface area contributed by atoms with Gasteiger partial charge in [0.05, 0.1) is 6.20 Å². The Morgan fingerprint density at radius 2 is 2.25 bits per heavy atom. The number of aromatic amines is 1. The van der Waals surface area contributed by atoms with E-state index >= 15 is 0 Å². The summed E-state index contributed by atoms with van der Waals surface area (Å²) in [5.74, 6) is 1.92. The lowest BCUT2D eigenvalue weighted by atomic mass is 9.92. The van der Waals surface area contributed by atoms with Crippen LogP contribution >= 0.6 is 0 Å². The van der Waals surface area contributed by atoms with E-state index in [9.17, 15) is 4.79 Å². The number of rotatable bonds is 2. The first-order chi connectivity index (χ1) is 9.75. The fraction of sp³-hybridized carbons (Fsp3) is 0.375. The van der Waals surface area contributed by atoms with Crippen LogP contribution in [-0.4, -0.2) is 16.1 Å². The van der Waals surface area contributed by atoms with Crippen LogP contribution in [0.2, 0.25) is 0 Å². The molecule has 1 heterocycles. The summed E-state index contributed by atoms with van der Waals surface area (Å²) in [5, 5.41) is 9.76. The molecule has 3 atom stereocenters. The normalized spacial score (nSPS) is 26.6. The summed E-state index contributed by atoms with van der Waals surface area (Å²) < 4.78 is 0. The van der Waals surface area contributed by atoms with Crippen LogP contribution in [0.5, 0.6) is 0 Å². The van der Waals surface area contributed by atoms with E-state index in [1.165, 1.54) is 11.1 Å². The fourth-order valence-electron chi connectivity index (χ4n) is 3.60. The smallest absolute Gasteiger partial charge is 0.229 e. The lowest BCUT2D eigenvalue weighted by molar-refractivity contribution is -0.117. The largest absolute Gasteiger partial charge is 0.311 e. The molecule has 4 nitrogen and oxygen atoms in total. The van der Waals surface area contributed by atoms with Gasteiger partial charge in [-0.2, -0.15) is 5.10 Å². The molecule has 2 N–H and O–H groups in total. The Morgan fingerprint density at radius 1 is 1.40 bits per heavy atom. The average Bonchev–Trinajstić information content (AvgIpc) is 3.09. The Hall–Kier alpha value is -2.10. The summed E-state index contributed by atoms with van der Waals surface area (Å²) in [4.78, 5) is 12.4. The Morgan fingerprint density at radius 3 is 3.05 bits per heavy atom. The summed E-state index contributed by atoms with van der Waals surface area (Å²) >= 11 is 0. The molecule has 4 heteroatoms. The first-order valence-corrected chi connectivity index (χ1v) is 7.14. The van der Waals surface area contributed by atoms with Gasteiger partial charge in [0.2, 0.25) is 5.91 Å². The monoisotopic (exact) mass is 267 g/mol. The number of carbonyl (C=O) groups excluding carboxylic acids is 1. The molecular formula is C16H17N3O. The number of carbonyl (C=O) groups is 1. The van der Waals surface area contributed by atoms with Gasteiger partial charge < -0.3 is 5.32 Å². The maximum atomic E-state index is 12.4. The predicted octanol–water partition coefficient (Wildman–Crippen LogP) is 2.63. The summed E-state index contributed by atoms with van der Waals surface area (Å²) in [7, 11) is 0. The van der Waals surface area contributed by atoms with Crippen LogP contribution in [0.4, 0.5) is 5.82 Å². The molecule has 1 aromatic carbocycles. The minimum Gasteiger partial charge on any atom is -0.311 e. The lowest BCUT2D eigenvalue weighted by Gasteiger charge is -2.13. The van der Waals surface area contributed by atoms with Crippen molar-refractivity contribution < 1.29 is 4.79 Å². The molecule has 1 saturated carbocycles. The highest BCUT2D eigenvalue weighted by Gasteiger charge is 2.57. The van der Waals surface area contributed by atoms with E-state index in [0.717, 1.165) is 24.2 Å². The molecular weight excluding hydrogens is 250 g/mol. The number of aromatic nitrogens is 2. The van der Waals surface area contributed by atoms with E-state index in [0.29, 0.717) is 11.8 Å². The highest BCUT2D eigenvalue weighted by Crippen LogP contribution is 2.60. The fourth-order valence-corrected chi connectivity index (χ4v) is 3.60. The van der Waals surface area contributed by atoms with Crippen molar-refractivity contribution in [3.8, 4) is 0 Å². The van der Waals surface area contributed by atoms with Crippen molar-refractivity contribution in [3.05, 3.63) is 47.2 Å². The zero-order valence-corrected chi connectivity index (χ0v) is 11.4. The van der Waals surface area contributed by atoms with E-state index in [1.54, 1.807) is 6.20 Å². The van der Waals surface area contributed by atoms with Crippen molar-refractivity contribution in [3.63, 3.8) is 0 Å². The molecule has 3 unspecified atom stereocenters. The molecule has 2 aliphatic rings. The van der Waals surface area contributed by atoms with Gasteiger partial charge in [0.15, 0.2) is 0 Å². The molecule has 102 valence electrons. The zero-order valence-electron chi connectivity index (χ0n) is 11.4. The van der Waals surface area contributed by atoms with Crippen LogP contribution in [-0.2, 0) is 11.2 Å². The molecule has 0 bridgehead atoms. The highest BCUT2D eigenvalue weighted by molar-refractivity contribution is 5.95. The van der Waals surface area contributed by atoms with Gasteiger partial charge in [-0.25, -0.2) is 0 Å². The van der Waals surface area contributed by atoms with Crippen molar-refractivity contribution in [2.45, 2.75) is 25.7 Å². The van der Waals surface area contributed by atoms with Gasteiger partial charge in [0, 0.05) is 11.5 Å². The van der Waals surface area contributed by atoms with Crippen LogP contribution in [0.3, 0.4) is 0 Å². The second kappa shape index (κ2) is 4.20. The Labute approximate surface area is 117 Å². The molecule has 1 amide bonds. The molecule has 1 aromatic heterocycles. The maximum absolute atomic E-state index is 12.4. The number of hydrogen-bond acceptors (Lipinski definition) is 2. The van der Waals surface area contributed by atoms with E-state index in [1.807, 2.05) is 6.92 Å². The van der Waals surface area contributed by atoms with E-state index in [2.05, 4.69) is 39.8 Å². The van der Waals surface area contributed by atoms with Gasteiger partial charge in [0.1, 0.15) is 5.82 Å². The van der Waals surface area contributed by atoms with Gasteiger partial charge in [-0.3, -0.25) is 9.89 Å². The number of anilines is 1. The van der Waals surface area contributed by atoms with Crippen molar-refractivity contribution in [2.75, 3.05) is 5.32 Å². The molecule has 2 aliphatic carbocycles. The zero-order chi connectivity index (χ0) is 13.7. The third-order valence-electron chi connectivity index (χ3n) is 4.71. The van der Waals surface area contributed by atoms with Crippen LogP contribution in [0.25, 0.3) is 0 Å². The van der Waals surface area contributed by atoms with E-state index in [-0.39, 0.29) is 11.8 Å². The number of aryl methyl sites for hydroxylation is 2. The summed E-state index contributed by atoms with van der Waals surface area (Å²) in [6, 6.07) is 8.54. The molecule has 0 saturated heterocycles. The number of nitrogens with one attached hydrogen (secondary N) is 2. The standard InChI is InChI=1S/C16H17N3O/c1-9-8-17-19-15(9)18-16(20)14-12-7-6-10-4-2-3-5-11(10)13(12)14/h2-5,8,12-14H,6-7H2,1H3,(H2,17,18,19,20). The molecule has 0 radical (unpaired) electrons. The Balaban J connectivity index is 1.55. The summed E-state index contributed by atoms with van der Waals surface area (Å²) in [6.07, 6.45) is 3.96. The van der Waals surface area contributed by atoms with Crippen LogP contribution in [0.1, 0.15) is 29.0 Å². The molecule has 0 spiro atoms. The number of hydrogen-bond donors (Lipinski definition) is 2. The van der Waals surface area contributed by atoms with Crippen LogP contribution in [0, 0.1) is 18.8 Å². The van der Waals surface area contributed by atoms with Crippen molar-refractivity contribution >= 4 is 11.7 Å². The third kappa shape index (κ3) is 1.68. The van der Waals surface area contributed by atoms with E-state index in [4.69, 9.17) is 0 Å². The summed E-state index contributed by atoms with van der Waals surface area (Å²) in [5.41, 5.74) is 3.77. The predicted molar refractivity (Wildman–Crippen MR) is 76.4 cm³/mol. The average molecular weight is 267 g/mol. The second-order valence-electron chi connectivity index (χ2n) is 5.87. The number of nitrogens with zero attached hydrogens (tertiary/aromatic N) is 1. The highest BCUT2D eigenvalue weighted by atomic mass is 16.2. The first kappa shape index (κ1) is 11.7. The second-order valence-corrected chi connectivity index (χ2v) is 5.87. The third-order valence-corrected chi connectivity index (χ3v) is 4.71. The Kier molecular flexibility index (Phi) is 2.46. The maximum Gasteiger partial charge on any atom is 0.229 e. The molecule has 4 rings (SSSR count). The van der Waals surface area contributed by atoms with Gasteiger partial charge >= 0.3 is 0 Å². The van der Waals surface area contributed by atoms with Gasteiger partial charge in [-0.1, -0.05) is 24.3 Å². The SMILES string of the molecule is Cc1cn[nH]c1NC(=O)C1C2CCc3ccccc3C21. The van der Waals surface area contributed by atoms with Crippen molar-refractivity contribution in [1.29, 1.82) is 0 Å². The molecule has 2 aromatic rings. The topological polar surface area (TPSA) is 57.8 Å². The lowest BCUT2D eigenvalue weighted by Crippen LogP contribution is -2.16. The Bertz CT molecular complexity index is 676. The minimum atomic E-state index is 0.126. The number of amides is 1. The number of fused-ring (bicyclic) bond motifs is 3. The number of benzene rings is 1. The molecule has 1 fully saturated rings. The van der Waals surface area contributed by atoms with Gasteiger partial charge in [0.25, 0.3) is 0 Å². The van der Waals surface area contributed by atoms with Crippen molar-refractivity contribution in [1.82, 2.24) is 10.2 Å². The van der Waals surface area contributed by atoms with Gasteiger partial charge in [-0.05, 0) is 42.7 Å². The molecule has 20 heavy (non-hydrogen) atoms. The minimum absolute atomic E-state index is 0.126. The van der Waals surface area contributed by atoms with E-state index < -0.39 is 0 Å². The summed E-state index contributed by atoms with van der Waals surface area (Å²) in [6.45, 7) is 1.94. The number of H-pyrrole nitrogens is 1. The first-order valence-electron chi connectivity index (χ1n) is 7.14.